The van der Waals surface area contributed by atoms with Crippen molar-refractivity contribution in [3.8, 4) is 0 Å². The standard InChI is InChI=1S/C18H20Cl2N4O3/c19-15-2-1-13(16(20)9-15)11-22-5-7-23(8-6-22)18(27)14-10-21-24(12-14)4-3-17(25)26/h1-2,9-10,12H,3-8,11H2,(H,25,26). The van der Waals surface area contributed by atoms with Crippen LogP contribution in [0.5, 0.6) is 0 Å². The number of piperazine rings is 1. The Morgan fingerprint density at radius 2 is 1.89 bits per heavy atom. The summed E-state index contributed by atoms with van der Waals surface area (Å²) in [5, 5.41) is 14.0. The molecule has 1 fully saturated rings. The number of hydrogen-bond acceptors (Lipinski definition) is 4. The number of carbonyl (C=O) groups excluding carboxylic acids is 1. The number of amides is 1. The first-order valence-electron chi connectivity index (χ1n) is 8.62. The third-order valence-electron chi connectivity index (χ3n) is 4.50. The minimum absolute atomic E-state index is 0.0265. The highest BCUT2D eigenvalue weighted by Crippen LogP contribution is 2.23. The number of halogens is 2. The number of hydrogen-bond donors (Lipinski definition) is 1. The molecular weight excluding hydrogens is 391 g/mol. The van der Waals surface area contributed by atoms with Crippen LogP contribution in [0.2, 0.25) is 10.0 Å². The summed E-state index contributed by atoms with van der Waals surface area (Å²) in [6.07, 6.45) is 3.07. The Morgan fingerprint density at radius 3 is 2.56 bits per heavy atom. The number of nitrogens with zero attached hydrogens (tertiary/aromatic N) is 4. The monoisotopic (exact) mass is 410 g/mol. The summed E-state index contributed by atoms with van der Waals surface area (Å²) in [7, 11) is 0. The molecule has 2 heterocycles. The minimum atomic E-state index is -0.893. The van der Waals surface area contributed by atoms with Crippen molar-refractivity contribution in [1.82, 2.24) is 19.6 Å². The van der Waals surface area contributed by atoms with Gasteiger partial charge in [-0.25, -0.2) is 0 Å². The molecule has 1 aliphatic rings. The average molecular weight is 411 g/mol. The Hall–Kier alpha value is -2.09. The molecule has 0 unspecified atom stereocenters. The smallest absolute Gasteiger partial charge is 0.305 e. The number of aromatic nitrogens is 2. The first-order valence-corrected chi connectivity index (χ1v) is 9.38. The zero-order valence-corrected chi connectivity index (χ0v) is 16.2. The zero-order valence-electron chi connectivity index (χ0n) is 14.6. The van der Waals surface area contributed by atoms with Crippen LogP contribution < -0.4 is 0 Å². The van der Waals surface area contributed by atoms with E-state index >= 15 is 0 Å². The van der Waals surface area contributed by atoms with Crippen molar-refractivity contribution in [2.45, 2.75) is 19.5 Å². The molecule has 1 aromatic heterocycles. The van der Waals surface area contributed by atoms with Crippen molar-refractivity contribution in [1.29, 1.82) is 0 Å². The summed E-state index contributed by atoms with van der Waals surface area (Å²) in [5.41, 5.74) is 1.50. The van der Waals surface area contributed by atoms with Gasteiger partial charge in [0, 0.05) is 49.0 Å². The topological polar surface area (TPSA) is 78.7 Å². The van der Waals surface area contributed by atoms with Gasteiger partial charge >= 0.3 is 5.97 Å². The molecular formula is C18H20Cl2N4O3. The van der Waals surface area contributed by atoms with E-state index in [1.807, 2.05) is 12.1 Å². The fourth-order valence-corrected chi connectivity index (χ4v) is 3.46. The van der Waals surface area contributed by atoms with Gasteiger partial charge in [-0.05, 0) is 17.7 Å². The zero-order chi connectivity index (χ0) is 19.4. The lowest BCUT2D eigenvalue weighted by Crippen LogP contribution is -2.48. The summed E-state index contributed by atoms with van der Waals surface area (Å²) >= 11 is 12.2. The van der Waals surface area contributed by atoms with Gasteiger partial charge in [-0.2, -0.15) is 5.10 Å². The maximum atomic E-state index is 12.6. The van der Waals surface area contributed by atoms with Crippen molar-refractivity contribution < 1.29 is 14.7 Å². The Balaban J connectivity index is 1.52. The Bertz CT molecular complexity index is 832. The summed E-state index contributed by atoms with van der Waals surface area (Å²) in [6.45, 7) is 3.69. The second-order valence-corrected chi connectivity index (χ2v) is 7.28. The van der Waals surface area contributed by atoms with E-state index < -0.39 is 5.97 Å². The van der Waals surface area contributed by atoms with E-state index in [0.717, 1.165) is 18.7 Å². The van der Waals surface area contributed by atoms with Crippen LogP contribution in [0, 0.1) is 0 Å². The van der Waals surface area contributed by atoms with Crippen molar-refractivity contribution in [2.24, 2.45) is 0 Å². The molecule has 27 heavy (non-hydrogen) atoms. The maximum Gasteiger partial charge on any atom is 0.305 e. The van der Waals surface area contributed by atoms with Crippen molar-refractivity contribution >= 4 is 35.1 Å². The lowest BCUT2D eigenvalue weighted by atomic mass is 10.2. The van der Waals surface area contributed by atoms with E-state index in [1.165, 1.54) is 10.9 Å². The van der Waals surface area contributed by atoms with Gasteiger partial charge < -0.3 is 10.0 Å². The van der Waals surface area contributed by atoms with E-state index in [9.17, 15) is 9.59 Å². The molecule has 0 saturated carbocycles. The van der Waals surface area contributed by atoms with Gasteiger partial charge in [-0.3, -0.25) is 19.2 Å². The minimum Gasteiger partial charge on any atom is -0.481 e. The number of benzene rings is 1. The van der Waals surface area contributed by atoms with Crippen LogP contribution in [0.3, 0.4) is 0 Å². The molecule has 1 aliphatic heterocycles. The van der Waals surface area contributed by atoms with Crippen LogP contribution in [-0.2, 0) is 17.9 Å². The Kier molecular flexibility index (Phi) is 6.36. The third kappa shape index (κ3) is 5.22. The number of rotatable bonds is 6. The van der Waals surface area contributed by atoms with Crippen LogP contribution in [0.15, 0.2) is 30.6 Å². The van der Waals surface area contributed by atoms with E-state index in [0.29, 0.717) is 35.2 Å². The van der Waals surface area contributed by atoms with Crippen LogP contribution in [0.1, 0.15) is 22.3 Å². The molecule has 1 N–H and O–H groups in total. The predicted molar refractivity (Wildman–Crippen MR) is 102 cm³/mol. The molecule has 0 bridgehead atoms. The molecule has 1 amide bonds. The lowest BCUT2D eigenvalue weighted by Gasteiger charge is -2.34. The highest BCUT2D eigenvalue weighted by Gasteiger charge is 2.23. The largest absolute Gasteiger partial charge is 0.481 e. The molecule has 1 aromatic carbocycles. The molecule has 0 atom stereocenters. The van der Waals surface area contributed by atoms with Gasteiger partial charge in [0.15, 0.2) is 0 Å². The second kappa shape index (κ2) is 8.73. The lowest BCUT2D eigenvalue weighted by molar-refractivity contribution is -0.137. The fourth-order valence-electron chi connectivity index (χ4n) is 2.99. The molecule has 7 nitrogen and oxygen atoms in total. The van der Waals surface area contributed by atoms with Gasteiger partial charge in [-0.1, -0.05) is 29.3 Å². The van der Waals surface area contributed by atoms with E-state index in [1.54, 1.807) is 17.2 Å². The van der Waals surface area contributed by atoms with E-state index in [-0.39, 0.29) is 18.9 Å². The van der Waals surface area contributed by atoms with Crippen LogP contribution in [0.25, 0.3) is 0 Å². The molecule has 144 valence electrons. The summed E-state index contributed by atoms with van der Waals surface area (Å²) in [5.74, 6) is -0.976. The predicted octanol–water partition coefficient (Wildman–Crippen LogP) is 2.62. The fraction of sp³-hybridized carbons (Fsp3) is 0.389. The van der Waals surface area contributed by atoms with Crippen molar-refractivity contribution in [3.63, 3.8) is 0 Å². The first kappa shape index (κ1) is 19.7. The summed E-state index contributed by atoms with van der Waals surface area (Å²) in [4.78, 5) is 27.3. The molecule has 3 rings (SSSR count). The van der Waals surface area contributed by atoms with Gasteiger partial charge in [-0.15, -0.1) is 0 Å². The third-order valence-corrected chi connectivity index (χ3v) is 5.09. The normalized spacial score (nSPS) is 15.1. The number of carboxylic acid groups (broad SMARTS) is 1. The van der Waals surface area contributed by atoms with Crippen LogP contribution in [0.4, 0.5) is 0 Å². The highest BCUT2D eigenvalue weighted by atomic mass is 35.5. The molecule has 2 aromatic rings. The number of carboxylic acids is 1. The highest BCUT2D eigenvalue weighted by molar-refractivity contribution is 6.35. The Morgan fingerprint density at radius 1 is 1.15 bits per heavy atom. The van der Waals surface area contributed by atoms with Gasteiger partial charge in [0.1, 0.15) is 0 Å². The van der Waals surface area contributed by atoms with Crippen molar-refractivity contribution in [3.05, 3.63) is 51.8 Å². The van der Waals surface area contributed by atoms with Gasteiger partial charge in [0.2, 0.25) is 0 Å². The van der Waals surface area contributed by atoms with Crippen molar-refractivity contribution in [2.75, 3.05) is 26.2 Å². The van der Waals surface area contributed by atoms with E-state index in [4.69, 9.17) is 28.3 Å². The average Bonchev–Trinajstić information content (AvgIpc) is 3.11. The summed E-state index contributed by atoms with van der Waals surface area (Å²) in [6, 6.07) is 5.48. The van der Waals surface area contributed by atoms with E-state index in [2.05, 4.69) is 10.00 Å². The number of carbonyl (C=O) groups is 2. The van der Waals surface area contributed by atoms with Gasteiger partial charge in [0.05, 0.1) is 24.7 Å². The van der Waals surface area contributed by atoms with Crippen LogP contribution in [-0.4, -0.2) is 62.7 Å². The molecule has 0 spiro atoms. The SMILES string of the molecule is O=C(O)CCn1cc(C(=O)N2CCN(Cc3ccc(Cl)cc3Cl)CC2)cn1. The number of aryl methyl sites for hydroxylation is 1. The Labute approximate surface area is 167 Å². The maximum absolute atomic E-state index is 12.6. The molecule has 0 aliphatic carbocycles. The summed E-state index contributed by atoms with van der Waals surface area (Å²) < 4.78 is 1.49. The second-order valence-electron chi connectivity index (χ2n) is 6.44. The van der Waals surface area contributed by atoms with Gasteiger partial charge in [0.25, 0.3) is 5.91 Å². The number of aliphatic carboxylic acids is 1. The van der Waals surface area contributed by atoms with Crippen LogP contribution >= 0.6 is 23.2 Å². The molecule has 0 radical (unpaired) electrons. The first-order chi connectivity index (χ1) is 12.9. The molecule has 9 heteroatoms. The quantitative estimate of drug-likeness (QED) is 0.791. The molecule has 1 saturated heterocycles.